The number of phenolic OH excluding ortho intramolecular Hbond substituents is 2. The van der Waals surface area contributed by atoms with Crippen molar-refractivity contribution in [3.8, 4) is 11.5 Å². The molecule has 0 heterocycles. The van der Waals surface area contributed by atoms with Crippen molar-refractivity contribution in [1.29, 1.82) is 0 Å². The molecule has 12 nitrogen and oxygen atoms in total. The number of aromatic hydroxyl groups is 2. The van der Waals surface area contributed by atoms with Crippen molar-refractivity contribution in [2.45, 2.75) is 0 Å². The van der Waals surface area contributed by atoms with Crippen molar-refractivity contribution in [1.82, 2.24) is 0 Å². The van der Waals surface area contributed by atoms with E-state index in [0.29, 0.717) is 91.5 Å². The van der Waals surface area contributed by atoms with Gasteiger partial charge < -0.3 is 53.2 Å². The van der Waals surface area contributed by atoms with E-state index in [9.17, 15) is 15.0 Å². The average molecular weight is 533 g/mol. The number of benzene rings is 1. The fourth-order valence-corrected chi connectivity index (χ4v) is 2.54. The summed E-state index contributed by atoms with van der Waals surface area (Å²) in [6.07, 6.45) is 2.70. The Bertz CT molecular complexity index is 713. The standard InChI is InChI=1S/C25H40O12/c26-5-6-30-7-8-31-9-10-32-11-12-33-13-14-34-15-16-35-17-18-36-19-20-37-25(29)4-2-22-1-3-23(27)24(28)21-22/h1-4,21,26-28H,5-20H2/b4-2+. The Balaban J connectivity index is 1.76. The molecule has 3 N–H and O–H groups in total. The first-order valence-corrected chi connectivity index (χ1v) is 12.2. The van der Waals surface area contributed by atoms with Crippen LogP contribution in [-0.4, -0.2) is 127 Å². The number of esters is 1. The van der Waals surface area contributed by atoms with Crippen molar-refractivity contribution in [3.63, 3.8) is 0 Å². The Morgan fingerprint density at radius 1 is 0.595 bits per heavy atom. The lowest BCUT2D eigenvalue weighted by Crippen LogP contribution is -2.15. The second-order valence-electron chi connectivity index (χ2n) is 7.26. The Kier molecular flexibility index (Phi) is 21.3. The molecule has 0 radical (unpaired) electrons. The molecule has 1 aromatic rings. The van der Waals surface area contributed by atoms with Gasteiger partial charge in [0.05, 0.1) is 99.1 Å². The molecule has 0 fully saturated rings. The minimum atomic E-state index is -0.538. The summed E-state index contributed by atoms with van der Waals surface area (Å²) in [5, 5.41) is 27.2. The van der Waals surface area contributed by atoms with E-state index in [1.54, 1.807) is 6.07 Å². The summed E-state index contributed by atoms with van der Waals surface area (Å²) < 4.78 is 42.2. The van der Waals surface area contributed by atoms with Gasteiger partial charge in [-0.2, -0.15) is 0 Å². The summed E-state index contributed by atoms with van der Waals surface area (Å²) in [4.78, 5) is 11.6. The number of aliphatic hydroxyl groups excluding tert-OH is 1. The number of aliphatic hydroxyl groups is 1. The number of ether oxygens (including phenoxy) is 8. The van der Waals surface area contributed by atoms with Crippen LogP contribution in [0.15, 0.2) is 24.3 Å². The van der Waals surface area contributed by atoms with E-state index < -0.39 is 5.97 Å². The van der Waals surface area contributed by atoms with E-state index >= 15 is 0 Å². The lowest BCUT2D eigenvalue weighted by atomic mass is 10.2. The normalized spacial score (nSPS) is 11.4. The molecule has 0 atom stereocenters. The highest BCUT2D eigenvalue weighted by Gasteiger charge is 2.01. The smallest absolute Gasteiger partial charge is 0.330 e. The Labute approximate surface area is 217 Å². The van der Waals surface area contributed by atoms with Crippen LogP contribution >= 0.6 is 0 Å². The maximum absolute atomic E-state index is 11.6. The zero-order valence-corrected chi connectivity index (χ0v) is 21.2. The number of carbonyl (C=O) groups is 1. The fraction of sp³-hybridized carbons (Fsp3) is 0.640. The van der Waals surface area contributed by atoms with Gasteiger partial charge in [0.2, 0.25) is 0 Å². The number of carbonyl (C=O) groups excluding carboxylic acids is 1. The van der Waals surface area contributed by atoms with Crippen LogP contribution < -0.4 is 0 Å². The Morgan fingerprint density at radius 2 is 1.00 bits per heavy atom. The van der Waals surface area contributed by atoms with Crippen LogP contribution in [0.4, 0.5) is 0 Å². The van der Waals surface area contributed by atoms with Crippen molar-refractivity contribution in [2.75, 3.05) is 106 Å². The predicted octanol–water partition coefficient (Wildman–Crippen LogP) is 0.763. The van der Waals surface area contributed by atoms with Crippen molar-refractivity contribution in [3.05, 3.63) is 29.8 Å². The monoisotopic (exact) mass is 532 g/mol. The summed E-state index contributed by atoms with van der Waals surface area (Å²) >= 11 is 0. The van der Waals surface area contributed by atoms with Gasteiger partial charge in [-0.05, 0) is 23.8 Å². The van der Waals surface area contributed by atoms with Crippen LogP contribution in [0.25, 0.3) is 6.08 Å². The van der Waals surface area contributed by atoms with Crippen LogP contribution in [0.2, 0.25) is 0 Å². The van der Waals surface area contributed by atoms with Crippen LogP contribution in [0, 0.1) is 0 Å². The summed E-state index contributed by atoms with van der Waals surface area (Å²) in [5.41, 5.74) is 0.554. The first kappa shape index (κ1) is 32.7. The van der Waals surface area contributed by atoms with Gasteiger partial charge >= 0.3 is 5.97 Å². The Hall–Kier alpha value is -2.29. The van der Waals surface area contributed by atoms with E-state index in [2.05, 4.69) is 0 Å². The Morgan fingerprint density at radius 3 is 1.41 bits per heavy atom. The molecule has 1 rings (SSSR count). The molecule has 37 heavy (non-hydrogen) atoms. The van der Waals surface area contributed by atoms with Crippen molar-refractivity contribution in [2.24, 2.45) is 0 Å². The number of rotatable bonds is 25. The van der Waals surface area contributed by atoms with Crippen molar-refractivity contribution >= 4 is 12.0 Å². The molecule has 0 aliphatic carbocycles. The highest BCUT2D eigenvalue weighted by Crippen LogP contribution is 2.25. The molecule has 0 bridgehead atoms. The molecule has 0 spiro atoms. The minimum absolute atomic E-state index is 0.0144. The molecule has 0 amide bonds. The lowest BCUT2D eigenvalue weighted by molar-refractivity contribution is -0.139. The third-order valence-corrected chi connectivity index (χ3v) is 4.35. The van der Waals surface area contributed by atoms with Gasteiger partial charge in [0.15, 0.2) is 11.5 Å². The molecule has 0 saturated heterocycles. The SMILES string of the molecule is O=C(/C=C/c1ccc(O)c(O)c1)OCCOCCOCCOCCOCCOCCOCCOCCO. The zero-order chi connectivity index (χ0) is 26.8. The molecule has 0 aliphatic rings. The van der Waals surface area contributed by atoms with Gasteiger partial charge in [0.1, 0.15) is 6.61 Å². The van der Waals surface area contributed by atoms with Gasteiger partial charge in [0, 0.05) is 6.08 Å². The van der Waals surface area contributed by atoms with Gasteiger partial charge in [0.25, 0.3) is 0 Å². The van der Waals surface area contributed by atoms with Crippen LogP contribution in [0.1, 0.15) is 5.56 Å². The average Bonchev–Trinajstić information content (AvgIpc) is 2.89. The highest BCUT2D eigenvalue weighted by molar-refractivity contribution is 5.87. The molecule has 0 saturated carbocycles. The maximum Gasteiger partial charge on any atom is 0.330 e. The van der Waals surface area contributed by atoms with E-state index in [4.69, 9.17) is 43.0 Å². The molecule has 212 valence electrons. The lowest BCUT2D eigenvalue weighted by Gasteiger charge is -2.08. The van der Waals surface area contributed by atoms with Crippen LogP contribution in [0.5, 0.6) is 11.5 Å². The third kappa shape index (κ3) is 20.5. The van der Waals surface area contributed by atoms with E-state index in [0.717, 1.165) is 0 Å². The quantitative estimate of drug-likeness (QED) is 0.0706. The van der Waals surface area contributed by atoms with E-state index in [1.807, 2.05) is 0 Å². The molecule has 12 heteroatoms. The van der Waals surface area contributed by atoms with E-state index in [-0.39, 0.29) is 31.3 Å². The second-order valence-corrected chi connectivity index (χ2v) is 7.26. The highest BCUT2D eigenvalue weighted by atomic mass is 16.6. The van der Waals surface area contributed by atoms with Gasteiger partial charge in [-0.3, -0.25) is 0 Å². The molecule has 0 aromatic heterocycles. The molecular formula is C25H40O12. The second kappa shape index (κ2) is 24.1. The molecule has 0 aliphatic heterocycles. The van der Waals surface area contributed by atoms with Gasteiger partial charge in [-0.25, -0.2) is 4.79 Å². The number of hydrogen-bond donors (Lipinski definition) is 3. The third-order valence-electron chi connectivity index (χ3n) is 4.35. The van der Waals surface area contributed by atoms with Crippen LogP contribution in [-0.2, 0) is 42.7 Å². The van der Waals surface area contributed by atoms with E-state index in [1.165, 1.54) is 24.3 Å². The summed E-state index contributed by atoms with van der Waals surface area (Å²) in [6.45, 7) is 6.12. The summed E-state index contributed by atoms with van der Waals surface area (Å²) in [5.74, 6) is -1.03. The number of hydrogen-bond acceptors (Lipinski definition) is 12. The zero-order valence-electron chi connectivity index (χ0n) is 21.2. The molecule has 1 aromatic carbocycles. The van der Waals surface area contributed by atoms with Crippen LogP contribution in [0.3, 0.4) is 0 Å². The first-order chi connectivity index (χ1) is 18.1. The topological polar surface area (TPSA) is 152 Å². The van der Waals surface area contributed by atoms with Crippen molar-refractivity contribution < 1.29 is 58.0 Å². The fourth-order valence-electron chi connectivity index (χ4n) is 2.54. The molecular weight excluding hydrogens is 492 g/mol. The number of phenols is 2. The first-order valence-electron chi connectivity index (χ1n) is 12.2. The molecule has 0 unspecified atom stereocenters. The minimum Gasteiger partial charge on any atom is -0.504 e. The largest absolute Gasteiger partial charge is 0.504 e. The maximum atomic E-state index is 11.6. The summed E-state index contributed by atoms with van der Waals surface area (Å²) in [6, 6.07) is 4.22. The van der Waals surface area contributed by atoms with Gasteiger partial charge in [-0.15, -0.1) is 0 Å². The van der Waals surface area contributed by atoms with Gasteiger partial charge in [-0.1, -0.05) is 6.07 Å². The summed E-state index contributed by atoms with van der Waals surface area (Å²) in [7, 11) is 0. The predicted molar refractivity (Wildman–Crippen MR) is 133 cm³/mol.